The molecule has 0 saturated carbocycles. The third-order valence-electron chi connectivity index (χ3n) is 3.65. The van der Waals surface area contributed by atoms with Crippen LogP contribution in [0.2, 0.25) is 0 Å². The van der Waals surface area contributed by atoms with Crippen LogP contribution in [0.15, 0.2) is 29.2 Å². The van der Waals surface area contributed by atoms with Gasteiger partial charge in [-0.2, -0.15) is 0 Å². The predicted molar refractivity (Wildman–Crippen MR) is 87.2 cm³/mol. The minimum Gasteiger partial charge on any atom is -0.317 e. The quantitative estimate of drug-likeness (QED) is 0.811. The van der Waals surface area contributed by atoms with Crippen LogP contribution in [0.3, 0.4) is 0 Å². The molecule has 0 atom stereocenters. The Kier molecular flexibility index (Phi) is 5.46. The fourth-order valence-corrected chi connectivity index (χ4v) is 5.40. The topological polar surface area (TPSA) is 92.3 Å². The molecule has 8 heteroatoms. The van der Waals surface area contributed by atoms with Crippen LogP contribution < -0.4 is 10.0 Å². The molecule has 1 saturated heterocycles. The van der Waals surface area contributed by atoms with Crippen LogP contribution in [0.5, 0.6) is 0 Å². The normalized spacial score (nSPS) is 17.3. The predicted octanol–water partition coefficient (Wildman–Crippen LogP) is 1.36. The second-order valence-corrected chi connectivity index (χ2v) is 9.51. The van der Waals surface area contributed by atoms with Gasteiger partial charge >= 0.3 is 0 Å². The molecule has 1 heterocycles. The molecular weight excluding hydrogens is 324 g/mol. The molecule has 0 aliphatic carbocycles. The minimum atomic E-state index is -3.36. The Morgan fingerprint density at radius 1 is 1.09 bits per heavy atom. The molecule has 2 rings (SSSR count). The van der Waals surface area contributed by atoms with Crippen molar-refractivity contribution in [1.82, 2.24) is 5.32 Å². The maximum absolute atomic E-state index is 12.5. The Labute approximate surface area is 132 Å². The first kappa shape index (κ1) is 17.2. The van der Waals surface area contributed by atoms with Crippen molar-refractivity contribution in [2.24, 2.45) is 0 Å². The van der Waals surface area contributed by atoms with E-state index in [9.17, 15) is 16.8 Å². The van der Waals surface area contributed by atoms with Gasteiger partial charge in [-0.25, -0.2) is 16.8 Å². The van der Waals surface area contributed by atoms with Gasteiger partial charge in [0.1, 0.15) is 0 Å². The summed E-state index contributed by atoms with van der Waals surface area (Å²) in [6.45, 7) is 3.20. The average Bonchev–Trinajstić information content (AvgIpc) is 2.48. The van der Waals surface area contributed by atoms with Gasteiger partial charge in [0.05, 0.1) is 15.9 Å². The van der Waals surface area contributed by atoms with Crippen molar-refractivity contribution >= 4 is 25.5 Å². The molecule has 1 aromatic carbocycles. The summed E-state index contributed by atoms with van der Waals surface area (Å²) in [5.41, 5.74) is 0.387. The molecule has 0 bridgehead atoms. The molecule has 124 valence electrons. The van der Waals surface area contributed by atoms with Crippen molar-refractivity contribution in [2.45, 2.75) is 36.3 Å². The zero-order valence-corrected chi connectivity index (χ0v) is 14.2. The number of hydrogen-bond donors (Lipinski definition) is 2. The van der Waals surface area contributed by atoms with Gasteiger partial charge in [0.2, 0.25) is 10.0 Å². The highest BCUT2D eigenvalue weighted by molar-refractivity contribution is 7.92. The van der Waals surface area contributed by atoms with Crippen LogP contribution in [0.25, 0.3) is 0 Å². The molecule has 2 N–H and O–H groups in total. The monoisotopic (exact) mass is 346 g/mol. The summed E-state index contributed by atoms with van der Waals surface area (Å²) >= 11 is 0. The molecule has 0 spiro atoms. The van der Waals surface area contributed by atoms with Crippen molar-refractivity contribution in [3.63, 3.8) is 0 Å². The van der Waals surface area contributed by atoms with Gasteiger partial charge in [-0.05, 0) is 56.6 Å². The number of piperidine rings is 1. The van der Waals surface area contributed by atoms with Gasteiger partial charge in [-0.3, -0.25) is 4.72 Å². The summed E-state index contributed by atoms with van der Waals surface area (Å²) in [4.78, 5) is 0.248. The number of benzene rings is 1. The largest absolute Gasteiger partial charge is 0.317 e. The highest BCUT2D eigenvalue weighted by Crippen LogP contribution is 2.24. The van der Waals surface area contributed by atoms with E-state index in [0.717, 1.165) is 0 Å². The van der Waals surface area contributed by atoms with Crippen molar-refractivity contribution in [3.8, 4) is 0 Å². The molecule has 0 unspecified atom stereocenters. The van der Waals surface area contributed by atoms with E-state index in [1.165, 1.54) is 24.3 Å². The Balaban J connectivity index is 2.14. The van der Waals surface area contributed by atoms with E-state index in [1.54, 1.807) is 6.92 Å². The van der Waals surface area contributed by atoms with Crippen molar-refractivity contribution in [1.29, 1.82) is 0 Å². The molecule has 1 aliphatic rings. The summed E-state index contributed by atoms with van der Waals surface area (Å²) in [5, 5.41) is 2.78. The maximum atomic E-state index is 12.5. The Morgan fingerprint density at radius 2 is 1.68 bits per heavy atom. The number of sulfone groups is 1. The molecule has 1 fully saturated rings. The lowest BCUT2D eigenvalue weighted by Crippen LogP contribution is -2.35. The maximum Gasteiger partial charge on any atom is 0.232 e. The van der Waals surface area contributed by atoms with Crippen LogP contribution in [-0.2, 0) is 19.9 Å². The molecular formula is C14H22N2O4S2. The van der Waals surface area contributed by atoms with Crippen LogP contribution in [0.1, 0.15) is 26.2 Å². The first-order valence-electron chi connectivity index (χ1n) is 7.40. The number of anilines is 1. The number of nitrogens with one attached hydrogen (secondary N) is 2. The molecule has 0 amide bonds. The third kappa shape index (κ3) is 4.21. The average molecular weight is 346 g/mol. The summed E-state index contributed by atoms with van der Waals surface area (Å²) in [5.74, 6) is 0.0438. The minimum absolute atomic E-state index is 0.0438. The summed E-state index contributed by atoms with van der Waals surface area (Å²) in [7, 11) is -6.71. The van der Waals surface area contributed by atoms with Gasteiger partial charge in [0.25, 0.3) is 0 Å². The SMILES string of the molecule is CCCS(=O)(=O)Nc1ccc(S(=O)(=O)C2CCNCC2)cc1. The zero-order valence-electron chi connectivity index (χ0n) is 12.6. The van der Waals surface area contributed by atoms with Crippen LogP contribution >= 0.6 is 0 Å². The smallest absolute Gasteiger partial charge is 0.232 e. The number of rotatable bonds is 6. The standard InChI is InChI=1S/C14H22N2O4S2/c1-2-11-21(17,18)16-12-3-5-13(6-4-12)22(19,20)14-7-9-15-10-8-14/h3-6,14-16H,2,7-11H2,1H3. The molecule has 1 aliphatic heterocycles. The Bertz CT molecular complexity index is 691. The van der Waals surface area contributed by atoms with Crippen LogP contribution in [0.4, 0.5) is 5.69 Å². The molecule has 1 aromatic rings. The highest BCUT2D eigenvalue weighted by Gasteiger charge is 2.28. The summed E-state index contributed by atoms with van der Waals surface area (Å²) in [6.07, 6.45) is 1.73. The van der Waals surface area contributed by atoms with Crippen molar-refractivity contribution < 1.29 is 16.8 Å². The number of hydrogen-bond acceptors (Lipinski definition) is 5. The van der Waals surface area contributed by atoms with Crippen LogP contribution in [-0.4, -0.2) is 40.9 Å². The van der Waals surface area contributed by atoms with Gasteiger partial charge in [0, 0.05) is 5.69 Å². The molecule has 22 heavy (non-hydrogen) atoms. The first-order valence-corrected chi connectivity index (χ1v) is 10.6. The van der Waals surface area contributed by atoms with Gasteiger partial charge < -0.3 is 5.32 Å². The zero-order chi connectivity index (χ0) is 16.2. The second kappa shape index (κ2) is 6.97. The lowest BCUT2D eigenvalue weighted by Gasteiger charge is -2.22. The van der Waals surface area contributed by atoms with Crippen molar-refractivity contribution in [3.05, 3.63) is 24.3 Å². The van der Waals surface area contributed by atoms with E-state index in [1.807, 2.05) is 0 Å². The van der Waals surface area contributed by atoms with Gasteiger partial charge in [0.15, 0.2) is 9.84 Å². The van der Waals surface area contributed by atoms with E-state index in [4.69, 9.17) is 0 Å². The van der Waals surface area contributed by atoms with E-state index in [-0.39, 0.29) is 15.9 Å². The summed E-state index contributed by atoms with van der Waals surface area (Å²) in [6, 6.07) is 5.95. The second-order valence-electron chi connectivity index (χ2n) is 5.44. The van der Waals surface area contributed by atoms with E-state index >= 15 is 0 Å². The molecule has 6 nitrogen and oxygen atoms in total. The third-order valence-corrected chi connectivity index (χ3v) is 7.42. The fourth-order valence-electron chi connectivity index (χ4n) is 2.51. The van der Waals surface area contributed by atoms with Crippen LogP contribution in [0, 0.1) is 0 Å². The Hall–Kier alpha value is -1.12. The van der Waals surface area contributed by atoms with Gasteiger partial charge in [-0.15, -0.1) is 0 Å². The summed E-state index contributed by atoms with van der Waals surface area (Å²) < 4.78 is 50.9. The highest BCUT2D eigenvalue weighted by atomic mass is 32.2. The molecule has 0 aromatic heterocycles. The van der Waals surface area contributed by atoms with Crippen molar-refractivity contribution in [2.75, 3.05) is 23.6 Å². The number of sulfonamides is 1. The first-order chi connectivity index (χ1) is 10.3. The lowest BCUT2D eigenvalue weighted by molar-refractivity contribution is 0.496. The van der Waals surface area contributed by atoms with E-state index in [0.29, 0.717) is 38.0 Å². The van der Waals surface area contributed by atoms with E-state index in [2.05, 4.69) is 10.0 Å². The fraction of sp³-hybridized carbons (Fsp3) is 0.571. The lowest BCUT2D eigenvalue weighted by atomic mass is 10.2. The molecule has 0 radical (unpaired) electrons. The van der Waals surface area contributed by atoms with E-state index < -0.39 is 19.9 Å². The Morgan fingerprint density at radius 3 is 2.23 bits per heavy atom. The van der Waals surface area contributed by atoms with Gasteiger partial charge in [-0.1, -0.05) is 6.92 Å².